The van der Waals surface area contributed by atoms with E-state index in [0.29, 0.717) is 23.6 Å². The first-order valence-electron chi connectivity index (χ1n) is 12.6. The predicted octanol–water partition coefficient (Wildman–Crippen LogP) is 6.00. The summed E-state index contributed by atoms with van der Waals surface area (Å²) in [4.78, 5) is 28.0. The van der Waals surface area contributed by atoms with Crippen molar-refractivity contribution in [2.45, 2.75) is 56.5 Å². The van der Waals surface area contributed by atoms with Gasteiger partial charge in [0.15, 0.2) is 0 Å². The van der Waals surface area contributed by atoms with E-state index < -0.39 is 0 Å². The molecule has 1 spiro atoms. The fourth-order valence-corrected chi connectivity index (χ4v) is 6.55. The normalized spacial score (nSPS) is 23.5. The molecule has 5 nitrogen and oxygen atoms in total. The Labute approximate surface area is 217 Å². The number of thioether (sulfide) groups is 1. The van der Waals surface area contributed by atoms with E-state index in [-0.39, 0.29) is 28.5 Å². The fourth-order valence-electron chi connectivity index (χ4n) is 4.99. The summed E-state index contributed by atoms with van der Waals surface area (Å²) in [6.07, 6.45) is 3.22. The van der Waals surface area contributed by atoms with Crippen LogP contribution in [0.15, 0.2) is 48.5 Å². The van der Waals surface area contributed by atoms with Crippen LogP contribution in [0.5, 0.6) is 5.75 Å². The average Bonchev–Trinajstić information content (AvgIpc) is 3.14. The van der Waals surface area contributed by atoms with Gasteiger partial charge in [0.1, 0.15) is 5.75 Å². The number of hydrogen-bond donors (Lipinski definition) is 0. The standard InChI is InChI=1S/C26H28ClNO4S.C2H6/c27-18-6-8-19(9-7-18)31-15-3-12-28-13-10-26(11-14-28)17-33-23-16-22(32-26)20-4-1-2-5-21(20)24(29)25(23)30;1-2/h1-2,4-9,22-23H,3,10-17H2;1-2H3. The highest BCUT2D eigenvalue weighted by molar-refractivity contribution is 8.00. The molecule has 0 N–H and O–H groups in total. The summed E-state index contributed by atoms with van der Waals surface area (Å²) >= 11 is 7.54. The van der Waals surface area contributed by atoms with E-state index in [1.807, 2.05) is 56.3 Å². The molecule has 188 valence electrons. The lowest BCUT2D eigenvalue weighted by atomic mass is 9.91. The Kier molecular flexibility index (Phi) is 8.92. The van der Waals surface area contributed by atoms with E-state index in [1.165, 1.54) is 0 Å². The highest BCUT2D eigenvalue weighted by atomic mass is 35.5. The molecule has 0 radical (unpaired) electrons. The molecule has 35 heavy (non-hydrogen) atoms. The quantitative estimate of drug-likeness (QED) is 0.359. The van der Waals surface area contributed by atoms with Crippen molar-refractivity contribution < 1.29 is 19.1 Å². The Morgan fingerprint density at radius 2 is 1.80 bits per heavy atom. The third-order valence-corrected chi connectivity index (χ3v) is 8.66. The van der Waals surface area contributed by atoms with Crippen molar-refractivity contribution in [3.8, 4) is 5.75 Å². The zero-order valence-corrected chi connectivity index (χ0v) is 22.1. The number of hydrogen-bond acceptors (Lipinski definition) is 6. The molecule has 2 atom stereocenters. The molecule has 0 amide bonds. The first-order valence-corrected chi connectivity index (χ1v) is 14.0. The minimum Gasteiger partial charge on any atom is -0.494 e. The van der Waals surface area contributed by atoms with Crippen LogP contribution in [-0.2, 0) is 9.53 Å². The maximum Gasteiger partial charge on any atom is 0.230 e. The molecule has 2 aromatic rings. The van der Waals surface area contributed by atoms with Crippen molar-refractivity contribution >= 4 is 34.9 Å². The van der Waals surface area contributed by atoms with E-state index in [0.717, 1.165) is 56.0 Å². The van der Waals surface area contributed by atoms with Gasteiger partial charge >= 0.3 is 0 Å². The third kappa shape index (κ3) is 6.11. The number of rotatable bonds is 5. The number of likely N-dealkylation sites (tertiary alicyclic amines) is 1. The lowest BCUT2D eigenvalue weighted by Crippen LogP contribution is -2.48. The van der Waals surface area contributed by atoms with Gasteiger partial charge in [-0.25, -0.2) is 0 Å². The zero-order chi connectivity index (χ0) is 24.8. The second-order valence-electron chi connectivity index (χ2n) is 9.10. The number of halogens is 1. The second-order valence-corrected chi connectivity index (χ2v) is 10.7. The first-order chi connectivity index (χ1) is 17.0. The fraction of sp³-hybridized carbons (Fsp3) is 0.500. The minimum atomic E-state index is -0.360. The van der Waals surface area contributed by atoms with Crippen molar-refractivity contribution in [2.24, 2.45) is 0 Å². The van der Waals surface area contributed by atoms with Crippen molar-refractivity contribution in [3.05, 3.63) is 64.7 Å². The van der Waals surface area contributed by atoms with E-state index in [2.05, 4.69) is 4.90 Å². The molecule has 1 aliphatic carbocycles. The number of ether oxygens (including phenoxy) is 2. The van der Waals surface area contributed by atoms with Gasteiger partial charge in [0.05, 0.1) is 23.6 Å². The summed E-state index contributed by atoms with van der Waals surface area (Å²) in [5, 5.41) is 0.403. The van der Waals surface area contributed by atoms with E-state index in [9.17, 15) is 9.59 Å². The molecule has 5 rings (SSSR count). The molecule has 2 aromatic carbocycles. The van der Waals surface area contributed by atoms with Crippen LogP contribution in [0, 0.1) is 0 Å². The third-order valence-electron chi connectivity index (χ3n) is 6.90. The van der Waals surface area contributed by atoms with Gasteiger partial charge in [-0.2, -0.15) is 0 Å². The lowest BCUT2D eigenvalue weighted by molar-refractivity contribution is -0.119. The molecule has 2 unspecified atom stereocenters. The van der Waals surface area contributed by atoms with Gasteiger partial charge in [-0.3, -0.25) is 9.59 Å². The molecular formula is C28H34ClNO4S. The van der Waals surface area contributed by atoms with E-state index >= 15 is 0 Å². The monoisotopic (exact) mass is 515 g/mol. The minimum absolute atomic E-state index is 0.198. The van der Waals surface area contributed by atoms with Gasteiger partial charge in [-0.15, -0.1) is 11.8 Å². The Bertz CT molecular complexity index is 1020. The number of Topliss-reactive ketones (excluding diaryl/α,β-unsaturated/α-hetero) is 2. The highest BCUT2D eigenvalue weighted by Crippen LogP contribution is 2.45. The van der Waals surface area contributed by atoms with Crippen molar-refractivity contribution in [3.63, 3.8) is 0 Å². The molecule has 7 heteroatoms. The van der Waals surface area contributed by atoms with Crippen molar-refractivity contribution in [2.75, 3.05) is 32.0 Å². The van der Waals surface area contributed by atoms with Crippen LogP contribution in [0.25, 0.3) is 0 Å². The molecule has 0 aromatic heterocycles. The number of fused-ring (bicyclic) bond motifs is 4. The molecule has 2 saturated heterocycles. The van der Waals surface area contributed by atoms with Gasteiger partial charge in [0.25, 0.3) is 0 Å². The number of piperidine rings is 1. The number of benzene rings is 2. The summed E-state index contributed by atoms with van der Waals surface area (Å²) in [5.41, 5.74) is 1.15. The van der Waals surface area contributed by atoms with Crippen molar-refractivity contribution in [1.82, 2.24) is 4.90 Å². The summed E-state index contributed by atoms with van der Waals surface area (Å²) in [7, 11) is 0. The lowest BCUT2D eigenvalue weighted by Gasteiger charge is -2.42. The molecule has 2 heterocycles. The summed E-state index contributed by atoms with van der Waals surface area (Å²) in [5.74, 6) is 0.980. The Balaban J connectivity index is 0.00000141. The molecule has 2 bridgehead atoms. The van der Waals surface area contributed by atoms with Gasteiger partial charge in [-0.1, -0.05) is 49.7 Å². The molecule has 3 aliphatic rings. The Morgan fingerprint density at radius 3 is 2.54 bits per heavy atom. The average molecular weight is 516 g/mol. The number of carbonyl (C=O) groups is 2. The van der Waals surface area contributed by atoms with Gasteiger partial charge in [0.2, 0.25) is 11.6 Å². The van der Waals surface area contributed by atoms with Gasteiger partial charge < -0.3 is 14.4 Å². The maximum atomic E-state index is 12.8. The van der Waals surface area contributed by atoms with Crippen LogP contribution in [0.3, 0.4) is 0 Å². The zero-order valence-electron chi connectivity index (χ0n) is 20.5. The molecule has 2 aliphatic heterocycles. The summed E-state index contributed by atoms with van der Waals surface area (Å²) < 4.78 is 12.6. The van der Waals surface area contributed by atoms with Crippen LogP contribution >= 0.6 is 23.4 Å². The Morgan fingerprint density at radius 1 is 1.09 bits per heavy atom. The van der Waals surface area contributed by atoms with Crippen LogP contribution in [-0.4, -0.2) is 59.3 Å². The topological polar surface area (TPSA) is 55.8 Å². The number of ketones is 2. The molecule has 2 fully saturated rings. The summed E-state index contributed by atoms with van der Waals surface area (Å²) in [6.45, 7) is 7.59. The second kappa shape index (κ2) is 11.9. The van der Waals surface area contributed by atoms with Crippen LogP contribution < -0.4 is 4.74 Å². The van der Waals surface area contributed by atoms with Crippen LogP contribution in [0.4, 0.5) is 0 Å². The van der Waals surface area contributed by atoms with Gasteiger partial charge in [-0.05, 0) is 55.5 Å². The highest BCUT2D eigenvalue weighted by Gasteiger charge is 2.46. The SMILES string of the molecule is CC.O=C1C(=O)C2CC(OC3(CCN(CCCOc4ccc(Cl)cc4)CC3)CS2)c2ccccc21. The van der Waals surface area contributed by atoms with Crippen LogP contribution in [0.1, 0.15) is 61.6 Å². The van der Waals surface area contributed by atoms with E-state index in [1.54, 1.807) is 17.8 Å². The summed E-state index contributed by atoms with van der Waals surface area (Å²) in [6, 6.07) is 14.9. The number of carbonyl (C=O) groups excluding carboxylic acids is 2. The predicted molar refractivity (Wildman–Crippen MR) is 142 cm³/mol. The largest absolute Gasteiger partial charge is 0.494 e. The first kappa shape index (κ1) is 26.2. The van der Waals surface area contributed by atoms with Crippen molar-refractivity contribution in [1.29, 1.82) is 0 Å². The smallest absolute Gasteiger partial charge is 0.230 e. The Hall–Kier alpha value is -1.86. The molecular weight excluding hydrogens is 482 g/mol. The maximum absolute atomic E-state index is 12.8. The van der Waals surface area contributed by atoms with Crippen LogP contribution in [0.2, 0.25) is 5.02 Å². The molecule has 0 saturated carbocycles. The van der Waals surface area contributed by atoms with E-state index in [4.69, 9.17) is 21.1 Å². The number of nitrogens with zero attached hydrogens (tertiary/aromatic N) is 1. The van der Waals surface area contributed by atoms with Gasteiger partial charge in [0, 0.05) is 36.0 Å².